The number of aliphatic hydroxyl groups excluding tert-OH is 2. The smallest absolute Gasteiger partial charge is 0.305 e. The molecule has 0 aliphatic rings. The van der Waals surface area contributed by atoms with Crippen molar-refractivity contribution in [1.29, 1.82) is 0 Å². The number of ether oxygens (including phenoxy) is 1. The van der Waals surface area contributed by atoms with Gasteiger partial charge in [0.15, 0.2) is 0 Å². The van der Waals surface area contributed by atoms with Crippen molar-refractivity contribution in [2.45, 2.75) is 366 Å². The van der Waals surface area contributed by atoms with Gasteiger partial charge in [-0.1, -0.05) is 308 Å². The molecule has 2 unspecified atom stereocenters. The first kappa shape index (κ1) is 69.3. The van der Waals surface area contributed by atoms with Crippen LogP contribution in [0.15, 0.2) is 24.3 Å². The highest BCUT2D eigenvalue weighted by molar-refractivity contribution is 5.76. The van der Waals surface area contributed by atoms with E-state index in [1.807, 2.05) is 6.08 Å². The van der Waals surface area contributed by atoms with Crippen molar-refractivity contribution >= 4 is 11.9 Å². The zero-order valence-electron chi connectivity index (χ0n) is 48.0. The summed E-state index contributed by atoms with van der Waals surface area (Å²) >= 11 is 0. The van der Waals surface area contributed by atoms with E-state index in [2.05, 4.69) is 31.3 Å². The van der Waals surface area contributed by atoms with Gasteiger partial charge in [-0.2, -0.15) is 0 Å². The number of carbonyl (C=O) groups excluding carboxylic acids is 2. The predicted octanol–water partition coefficient (Wildman–Crippen LogP) is 20.2. The Labute approximate surface area is 443 Å². The minimum absolute atomic E-state index is 0.0129. The van der Waals surface area contributed by atoms with Gasteiger partial charge in [0.1, 0.15) is 0 Å². The van der Waals surface area contributed by atoms with Crippen molar-refractivity contribution in [3.05, 3.63) is 24.3 Å². The fraction of sp³-hybridized carbons (Fsp3) is 0.908. The molecule has 0 aromatic carbocycles. The molecule has 3 N–H and O–H groups in total. The molecule has 0 spiro atoms. The number of aliphatic hydroxyl groups is 2. The average Bonchev–Trinajstić information content (AvgIpc) is 3.37. The lowest BCUT2D eigenvalue weighted by Crippen LogP contribution is -2.45. The third-order valence-electron chi connectivity index (χ3n) is 15.0. The van der Waals surface area contributed by atoms with Crippen LogP contribution in [0, 0.1) is 0 Å². The summed E-state index contributed by atoms with van der Waals surface area (Å²) in [6, 6.07) is -0.632. The van der Waals surface area contributed by atoms with Crippen molar-refractivity contribution in [3.8, 4) is 0 Å². The van der Waals surface area contributed by atoms with E-state index in [4.69, 9.17) is 4.74 Å². The number of hydrogen-bond acceptors (Lipinski definition) is 5. The monoisotopic (exact) mass is 1000 g/mol. The molecule has 0 heterocycles. The van der Waals surface area contributed by atoms with E-state index >= 15 is 0 Å². The summed E-state index contributed by atoms with van der Waals surface area (Å²) in [4.78, 5) is 24.5. The highest BCUT2D eigenvalue weighted by Crippen LogP contribution is 2.18. The second-order valence-corrected chi connectivity index (χ2v) is 22.1. The van der Waals surface area contributed by atoms with Crippen LogP contribution in [0.2, 0.25) is 0 Å². The third-order valence-corrected chi connectivity index (χ3v) is 15.0. The first-order chi connectivity index (χ1) is 35.0. The van der Waals surface area contributed by atoms with E-state index in [0.717, 1.165) is 44.9 Å². The molecule has 0 bridgehead atoms. The Morgan fingerprint density at radius 2 is 0.662 bits per heavy atom. The number of hydrogen-bond donors (Lipinski definition) is 3. The quantitative estimate of drug-likeness (QED) is 0.0320. The van der Waals surface area contributed by atoms with Crippen molar-refractivity contribution < 1.29 is 24.5 Å². The lowest BCUT2D eigenvalue weighted by Gasteiger charge is -2.20. The molecule has 0 aliphatic carbocycles. The van der Waals surface area contributed by atoms with Gasteiger partial charge in [0, 0.05) is 12.8 Å². The molecule has 0 aromatic heterocycles. The second-order valence-electron chi connectivity index (χ2n) is 22.1. The molecule has 0 rings (SSSR count). The topological polar surface area (TPSA) is 95.9 Å². The summed E-state index contributed by atoms with van der Waals surface area (Å²) in [7, 11) is 0. The fourth-order valence-corrected chi connectivity index (χ4v) is 10.0. The van der Waals surface area contributed by atoms with Crippen LogP contribution in [0.1, 0.15) is 354 Å². The van der Waals surface area contributed by atoms with Gasteiger partial charge in [0.2, 0.25) is 5.91 Å². The fourth-order valence-electron chi connectivity index (χ4n) is 10.0. The molecular weight excluding hydrogens is 875 g/mol. The molecule has 2 atom stereocenters. The van der Waals surface area contributed by atoms with Gasteiger partial charge in [-0.3, -0.25) is 9.59 Å². The summed E-state index contributed by atoms with van der Waals surface area (Å²) < 4.78 is 5.48. The SMILES string of the molecule is CCCCCCCCCCCCCCCCCC/C=C/C(O)C(CO)NC(=O)CCCCCCCCC/C=C\CCCCCCCCCCCCCCOC(=O)CCCCCCCCCCCCCCC. The maximum absolute atomic E-state index is 12.5. The van der Waals surface area contributed by atoms with Gasteiger partial charge in [0.25, 0.3) is 0 Å². The summed E-state index contributed by atoms with van der Waals surface area (Å²) in [5, 5.41) is 23.2. The zero-order chi connectivity index (χ0) is 51.4. The zero-order valence-corrected chi connectivity index (χ0v) is 48.0. The van der Waals surface area contributed by atoms with Crippen LogP contribution in [0.3, 0.4) is 0 Å². The number of nitrogens with one attached hydrogen (secondary N) is 1. The van der Waals surface area contributed by atoms with Gasteiger partial charge < -0.3 is 20.3 Å². The van der Waals surface area contributed by atoms with Crippen molar-refractivity contribution in [2.24, 2.45) is 0 Å². The first-order valence-corrected chi connectivity index (χ1v) is 32.1. The van der Waals surface area contributed by atoms with Crippen LogP contribution in [-0.4, -0.2) is 47.4 Å². The molecule has 1 amide bonds. The van der Waals surface area contributed by atoms with Crippen LogP contribution in [-0.2, 0) is 14.3 Å². The Hall–Kier alpha value is -1.66. The van der Waals surface area contributed by atoms with Gasteiger partial charge in [-0.25, -0.2) is 0 Å². The number of unbranched alkanes of at least 4 members (excludes halogenated alkanes) is 47. The standard InChI is InChI=1S/C65H125NO5/c1-3-5-7-9-11-13-15-17-18-19-27-30-34-37-41-45-49-53-57-63(68)62(61-67)66-64(69)58-54-50-46-42-38-35-31-28-25-23-21-20-22-24-26-29-32-36-40-44-48-52-56-60-71-65(70)59-55-51-47-43-39-33-16-14-12-10-8-6-4-2/h23,25,53,57,62-63,67-68H,3-22,24,26-52,54-56,58-61H2,1-2H3,(H,66,69)/b25-23-,57-53+. The van der Waals surface area contributed by atoms with E-state index in [9.17, 15) is 19.8 Å². The molecule has 0 aromatic rings. The molecular formula is C65H125NO5. The van der Waals surface area contributed by atoms with Crippen LogP contribution < -0.4 is 5.32 Å². The Bertz CT molecular complexity index is 1110. The highest BCUT2D eigenvalue weighted by Gasteiger charge is 2.18. The van der Waals surface area contributed by atoms with Crippen LogP contribution >= 0.6 is 0 Å². The Kier molecular flexibility index (Phi) is 59.5. The van der Waals surface area contributed by atoms with Crippen molar-refractivity contribution in [1.82, 2.24) is 5.32 Å². The number of allylic oxidation sites excluding steroid dienone is 3. The van der Waals surface area contributed by atoms with E-state index in [0.29, 0.717) is 19.4 Å². The molecule has 0 saturated heterocycles. The minimum Gasteiger partial charge on any atom is -0.466 e. The lowest BCUT2D eigenvalue weighted by molar-refractivity contribution is -0.143. The Balaban J connectivity index is 3.43. The second kappa shape index (κ2) is 60.9. The van der Waals surface area contributed by atoms with E-state index in [1.165, 1.54) is 283 Å². The largest absolute Gasteiger partial charge is 0.466 e. The normalized spacial score (nSPS) is 12.7. The van der Waals surface area contributed by atoms with Gasteiger partial charge in [-0.05, 0) is 57.8 Å². The number of esters is 1. The van der Waals surface area contributed by atoms with Crippen LogP contribution in [0.5, 0.6) is 0 Å². The van der Waals surface area contributed by atoms with Crippen molar-refractivity contribution in [3.63, 3.8) is 0 Å². The summed E-state index contributed by atoms with van der Waals surface area (Å²) in [5.41, 5.74) is 0. The van der Waals surface area contributed by atoms with E-state index < -0.39 is 12.1 Å². The minimum atomic E-state index is -0.848. The van der Waals surface area contributed by atoms with Gasteiger partial charge >= 0.3 is 5.97 Å². The number of rotatable bonds is 60. The molecule has 0 saturated carbocycles. The van der Waals surface area contributed by atoms with Crippen LogP contribution in [0.4, 0.5) is 0 Å². The number of amides is 1. The van der Waals surface area contributed by atoms with Crippen molar-refractivity contribution in [2.75, 3.05) is 13.2 Å². The third kappa shape index (κ3) is 57.5. The molecule has 6 nitrogen and oxygen atoms in total. The molecule has 0 radical (unpaired) electrons. The van der Waals surface area contributed by atoms with E-state index in [1.54, 1.807) is 6.08 Å². The van der Waals surface area contributed by atoms with Gasteiger partial charge in [-0.15, -0.1) is 0 Å². The molecule has 420 valence electrons. The van der Waals surface area contributed by atoms with Gasteiger partial charge in [0.05, 0.1) is 25.4 Å². The summed E-state index contributed by atoms with van der Waals surface area (Å²) in [6.07, 6.45) is 75.1. The molecule has 6 heteroatoms. The van der Waals surface area contributed by atoms with E-state index in [-0.39, 0.29) is 18.5 Å². The van der Waals surface area contributed by atoms with Crippen LogP contribution in [0.25, 0.3) is 0 Å². The molecule has 0 aliphatic heterocycles. The lowest BCUT2D eigenvalue weighted by atomic mass is 10.0. The molecule has 71 heavy (non-hydrogen) atoms. The Morgan fingerprint density at radius 3 is 1.00 bits per heavy atom. The highest BCUT2D eigenvalue weighted by atomic mass is 16.5. The Morgan fingerprint density at radius 1 is 0.380 bits per heavy atom. The maximum Gasteiger partial charge on any atom is 0.305 e. The number of carbonyl (C=O) groups is 2. The first-order valence-electron chi connectivity index (χ1n) is 32.1. The maximum atomic E-state index is 12.5. The molecule has 0 fully saturated rings. The predicted molar refractivity (Wildman–Crippen MR) is 310 cm³/mol. The summed E-state index contributed by atoms with van der Waals surface area (Å²) in [5.74, 6) is -0.0586. The summed E-state index contributed by atoms with van der Waals surface area (Å²) in [6.45, 7) is 4.93. The average molecular weight is 1000 g/mol.